The van der Waals surface area contributed by atoms with Crippen molar-refractivity contribution in [3.63, 3.8) is 0 Å². The number of carbonyl (C=O) groups excluding carboxylic acids is 1. The van der Waals surface area contributed by atoms with Crippen molar-refractivity contribution < 1.29 is 4.79 Å². The highest BCUT2D eigenvalue weighted by Gasteiger charge is 2.47. The lowest BCUT2D eigenvalue weighted by Crippen LogP contribution is -2.43. The van der Waals surface area contributed by atoms with E-state index >= 15 is 0 Å². The smallest absolute Gasteiger partial charge is 0.244 e. The molecule has 1 aromatic rings. The van der Waals surface area contributed by atoms with Gasteiger partial charge in [-0.25, -0.2) is 0 Å². The summed E-state index contributed by atoms with van der Waals surface area (Å²) in [6.07, 6.45) is 2.89. The largest absolute Gasteiger partial charge is 0.320 e. The van der Waals surface area contributed by atoms with Crippen LogP contribution in [-0.2, 0) is 4.79 Å². The van der Waals surface area contributed by atoms with E-state index in [1.54, 1.807) is 11.8 Å². The van der Waals surface area contributed by atoms with E-state index < -0.39 is 5.54 Å². The molecule has 1 saturated heterocycles. The summed E-state index contributed by atoms with van der Waals surface area (Å²) in [6, 6.07) is 6.47. The number of thioether (sulfide) groups is 1. The van der Waals surface area contributed by atoms with E-state index in [-0.39, 0.29) is 12.1 Å². The number of nitrogens with zero attached hydrogens (tertiary/aromatic N) is 1. The van der Waals surface area contributed by atoms with Crippen LogP contribution < -0.4 is 5.32 Å². The number of aryl methyl sites for hydroxylation is 2. The molecule has 1 aliphatic rings. The molecule has 1 N–H and O–H groups in total. The Kier molecular flexibility index (Phi) is 4.99. The minimum Gasteiger partial charge on any atom is -0.320 e. The van der Waals surface area contributed by atoms with Gasteiger partial charge in [0, 0.05) is 12.3 Å². The van der Waals surface area contributed by atoms with E-state index in [9.17, 15) is 4.79 Å². The van der Waals surface area contributed by atoms with Gasteiger partial charge in [0.15, 0.2) is 0 Å². The van der Waals surface area contributed by atoms with Crippen LogP contribution >= 0.6 is 11.8 Å². The first-order valence-corrected chi connectivity index (χ1v) is 8.97. The van der Waals surface area contributed by atoms with Gasteiger partial charge in [0.05, 0.1) is 5.54 Å². The third-order valence-electron chi connectivity index (χ3n) is 4.47. The Bertz CT molecular complexity index is 532. The summed E-state index contributed by atoms with van der Waals surface area (Å²) >= 11 is 1.78. The number of hydrogen-bond acceptors (Lipinski definition) is 3. The SMILES string of the molecule is CCC1(C)NC(c2cc(C)ccc2C)N(CCSC)C1=O. The average molecular weight is 306 g/mol. The maximum atomic E-state index is 12.8. The van der Waals surface area contributed by atoms with Crippen LogP contribution in [0.4, 0.5) is 0 Å². The van der Waals surface area contributed by atoms with Crippen LogP contribution in [0.2, 0.25) is 0 Å². The minimum atomic E-state index is -0.445. The molecule has 1 fully saturated rings. The van der Waals surface area contributed by atoms with E-state index in [1.807, 2.05) is 11.8 Å². The zero-order valence-electron chi connectivity index (χ0n) is 13.7. The predicted octanol–water partition coefficient (Wildman–Crippen LogP) is 3.27. The van der Waals surface area contributed by atoms with Gasteiger partial charge in [0.1, 0.15) is 6.17 Å². The fourth-order valence-corrected chi connectivity index (χ4v) is 3.23. The Hall–Kier alpha value is -1.00. The summed E-state index contributed by atoms with van der Waals surface area (Å²) in [4.78, 5) is 14.8. The van der Waals surface area contributed by atoms with Crippen molar-refractivity contribution in [1.29, 1.82) is 0 Å². The van der Waals surface area contributed by atoms with Crippen LogP contribution in [0.25, 0.3) is 0 Å². The fourth-order valence-electron chi connectivity index (χ4n) is 2.85. The van der Waals surface area contributed by atoms with Gasteiger partial charge < -0.3 is 4.90 Å². The Labute approximate surface area is 132 Å². The van der Waals surface area contributed by atoms with Crippen molar-refractivity contribution in [3.05, 3.63) is 34.9 Å². The highest BCUT2D eigenvalue weighted by atomic mass is 32.2. The molecule has 1 aromatic carbocycles. The first-order valence-electron chi connectivity index (χ1n) is 7.58. The third kappa shape index (κ3) is 3.11. The highest BCUT2D eigenvalue weighted by Crippen LogP contribution is 2.34. The molecule has 0 aromatic heterocycles. The molecule has 21 heavy (non-hydrogen) atoms. The quantitative estimate of drug-likeness (QED) is 0.906. The van der Waals surface area contributed by atoms with Crippen LogP contribution in [0.3, 0.4) is 0 Å². The fraction of sp³-hybridized carbons (Fsp3) is 0.588. The topological polar surface area (TPSA) is 32.3 Å². The second-order valence-electron chi connectivity index (χ2n) is 6.08. The van der Waals surface area contributed by atoms with Crippen molar-refractivity contribution in [1.82, 2.24) is 10.2 Å². The van der Waals surface area contributed by atoms with Crippen LogP contribution in [-0.4, -0.2) is 34.9 Å². The van der Waals surface area contributed by atoms with Crippen LogP contribution in [0.15, 0.2) is 18.2 Å². The molecule has 0 aliphatic carbocycles. The first kappa shape index (κ1) is 16.4. The normalized spacial score (nSPS) is 25.7. The van der Waals surface area contributed by atoms with Crippen LogP contribution in [0.5, 0.6) is 0 Å². The monoisotopic (exact) mass is 306 g/mol. The van der Waals surface area contributed by atoms with Gasteiger partial charge in [-0.3, -0.25) is 10.1 Å². The summed E-state index contributed by atoms with van der Waals surface area (Å²) in [6.45, 7) is 9.11. The molecule has 116 valence electrons. The Balaban J connectivity index is 2.39. The molecule has 1 amide bonds. The summed E-state index contributed by atoms with van der Waals surface area (Å²) in [5, 5.41) is 3.58. The van der Waals surface area contributed by atoms with Gasteiger partial charge in [-0.05, 0) is 44.6 Å². The van der Waals surface area contributed by atoms with E-state index in [2.05, 4.69) is 50.5 Å². The lowest BCUT2D eigenvalue weighted by atomic mass is 9.99. The first-order chi connectivity index (χ1) is 9.92. The number of nitrogens with one attached hydrogen (secondary N) is 1. The molecular formula is C17H26N2OS. The molecule has 0 spiro atoms. The Morgan fingerprint density at radius 1 is 1.38 bits per heavy atom. The molecule has 2 unspecified atom stereocenters. The molecule has 1 aliphatic heterocycles. The second kappa shape index (κ2) is 6.41. The molecule has 2 rings (SSSR count). The van der Waals surface area contributed by atoms with Gasteiger partial charge in [0.2, 0.25) is 5.91 Å². The predicted molar refractivity (Wildman–Crippen MR) is 90.6 cm³/mol. The molecule has 4 heteroatoms. The van der Waals surface area contributed by atoms with Crippen molar-refractivity contribution in [2.24, 2.45) is 0 Å². The second-order valence-corrected chi connectivity index (χ2v) is 7.07. The van der Waals surface area contributed by atoms with Crippen molar-refractivity contribution in [2.45, 2.75) is 45.8 Å². The highest BCUT2D eigenvalue weighted by molar-refractivity contribution is 7.98. The number of benzene rings is 1. The summed E-state index contributed by atoms with van der Waals surface area (Å²) in [7, 11) is 0. The standard InChI is InChI=1S/C17H26N2OS/c1-6-17(4)16(20)19(9-10-21-5)15(18-17)14-11-12(2)7-8-13(14)3/h7-8,11,15,18H,6,9-10H2,1-5H3. The summed E-state index contributed by atoms with van der Waals surface area (Å²) in [5.41, 5.74) is 3.25. The van der Waals surface area contributed by atoms with Crippen molar-refractivity contribution >= 4 is 17.7 Å². The summed E-state index contributed by atoms with van der Waals surface area (Å²) < 4.78 is 0. The van der Waals surface area contributed by atoms with E-state index in [0.717, 1.165) is 18.7 Å². The van der Waals surface area contributed by atoms with Crippen LogP contribution in [0.1, 0.15) is 43.1 Å². The molecule has 0 radical (unpaired) electrons. The van der Waals surface area contributed by atoms with E-state index in [0.29, 0.717) is 0 Å². The van der Waals surface area contributed by atoms with Gasteiger partial charge in [0.25, 0.3) is 0 Å². The number of amides is 1. The Morgan fingerprint density at radius 3 is 2.71 bits per heavy atom. The van der Waals surface area contributed by atoms with Crippen molar-refractivity contribution in [3.8, 4) is 0 Å². The number of rotatable bonds is 5. The maximum Gasteiger partial charge on any atom is 0.244 e. The van der Waals surface area contributed by atoms with Gasteiger partial charge in [-0.15, -0.1) is 0 Å². The number of carbonyl (C=O) groups is 1. The minimum absolute atomic E-state index is 0.00509. The maximum absolute atomic E-state index is 12.8. The summed E-state index contributed by atoms with van der Waals surface area (Å²) in [5.74, 6) is 1.19. The Morgan fingerprint density at radius 2 is 2.10 bits per heavy atom. The van der Waals surface area contributed by atoms with Gasteiger partial charge in [-0.2, -0.15) is 11.8 Å². The average Bonchev–Trinajstić information content (AvgIpc) is 2.72. The zero-order chi connectivity index (χ0) is 15.6. The van der Waals surface area contributed by atoms with Crippen molar-refractivity contribution in [2.75, 3.05) is 18.6 Å². The van der Waals surface area contributed by atoms with E-state index in [4.69, 9.17) is 0 Å². The molecule has 3 nitrogen and oxygen atoms in total. The molecule has 2 atom stereocenters. The lowest BCUT2D eigenvalue weighted by Gasteiger charge is -2.26. The number of hydrogen-bond donors (Lipinski definition) is 1. The van der Waals surface area contributed by atoms with Gasteiger partial charge in [-0.1, -0.05) is 30.7 Å². The molecule has 0 saturated carbocycles. The molecule has 0 bridgehead atoms. The lowest BCUT2D eigenvalue weighted by molar-refractivity contribution is -0.132. The third-order valence-corrected chi connectivity index (χ3v) is 5.06. The van der Waals surface area contributed by atoms with E-state index in [1.165, 1.54) is 16.7 Å². The molecule has 1 heterocycles. The molecular weight excluding hydrogens is 280 g/mol. The van der Waals surface area contributed by atoms with Gasteiger partial charge >= 0.3 is 0 Å². The van der Waals surface area contributed by atoms with Crippen LogP contribution in [0, 0.1) is 13.8 Å². The zero-order valence-corrected chi connectivity index (χ0v) is 14.5.